The van der Waals surface area contributed by atoms with E-state index in [9.17, 15) is 0 Å². The van der Waals surface area contributed by atoms with Gasteiger partial charge in [-0.15, -0.1) is 0 Å². The van der Waals surface area contributed by atoms with Crippen molar-refractivity contribution in [1.82, 2.24) is 5.32 Å². The van der Waals surface area contributed by atoms with E-state index in [0.29, 0.717) is 47.2 Å². The van der Waals surface area contributed by atoms with Crippen LogP contribution in [0.4, 0.5) is 0 Å². The average Bonchev–Trinajstić information content (AvgIpc) is 1.85. The molecule has 9 heavy (non-hydrogen) atoms. The van der Waals surface area contributed by atoms with Gasteiger partial charge in [-0.2, -0.15) is 0 Å². The number of alkyl halides is 1. The molecule has 0 aliphatic heterocycles. The summed E-state index contributed by atoms with van der Waals surface area (Å²) >= 11 is 6.50. The van der Waals surface area contributed by atoms with Crippen LogP contribution in [0.2, 0.25) is 0 Å². The second kappa shape index (κ2) is 9.57. The van der Waals surface area contributed by atoms with E-state index in [1.54, 1.807) is 3.63 Å². The summed E-state index contributed by atoms with van der Waals surface area (Å²) in [6.07, 6.45) is 0. The van der Waals surface area contributed by atoms with Crippen LogP contribution in [-0.2, 0) is 0 Å². The molecule has 0 saturated carbocycles. The third-order valence-electron chi connectivity index (χ3n) is 0.495. The fourth-order valence-electron chi connectivity index (χ4n) is 0.183. The van der Waals surface area contributed by atoms with Crippen LogP contribution in [0.3, 0.4) is 0 Å². The summed E-state index contributed by atoms with van der Waals surface area (Å²) in [7, 11) is 0. The van der Waals surface area contributed by atoms with Gasteiger partial charge in [-0.05, 0) is 0 Å². The van der Waals surface area contributed by atoms with Crippen molar-refractivity contribution in [2.24, 2.45) is 0 Å². The van der Waals surface area contributed by atoms with Crippen LogP contribution >= 0.6 is 54.0 Å². The van der Waals surface area contributed by atoms with Gasteiger partial charge in [0.25, 0.3) is 0 Å². The Morgan fingerprint density at radius 3 is 2.78 bits per heavy atom. The van der Waals surface area contributed by atoms with Crippen LogP contribution in [0.1, 0.15) is 6.92 Å². The van der Waals surface area contributed by atoms with Crippen molar-refractivity contribution in [3.8, 4) is 0 Å². The van der Waals surface area contributed by atoms with Crippen molar-refractivity contribution in [3.05, 3.63) is 0 Å². The van der Waals surface area contributed by atoms with Crippen molar-refractivity contribution in [2.45, 2.75) is 6.92 Å². The van der Waals surface area contributed by atoms with Crippen LogP contribution in [0.15, 0.2) is 0 Å². The standard InChI is InChI=1S/C3H6I5N/c1-3(7-8-5)9-2-6-4/h9H,2H2,1H3/q-2. The molecule has 60 valence electrons. The predicted molar refractivity (Wildman–Crippen MR) is 60.7 cm³/mol. The Labute approximate surface area is 102 Å². The van der Waals surface area contributed by atoms with Crippen molar-refractivity contribution in [3.63, 3.8) is 0 Å². The summed E-state index contributed by atoms with van der Waals surface area (Å²) in [5.41, 5.74) is 0. The van der Waals surface area contributed by atoms with Gasteiger partial charge in [-0.3, -0.25) is 0 Å². The summed E-state index contributed by atoms with van der Waals surface area (Å²) in [6.45, 7) is 2.25. The molecule has 1 N–H and O–H groups in total. The van der Waals surface area contributed by atoms with E-state index in [0.717, 1.165) is 0 Å². The summed E-state index contributed by atoms with van der Waals surface area (Å²) in [5.74, 6) is 0. The molecule has 0 aromatic rings. The van der Waals surface area contributed by atoms with Crippen LogP contribution in [0.5, 0.6) is 0 Å². The van der Waals surface area contributed by atoms with Gasteiger partial charge in [0.2, 0.25) is 0 Å². The summed E-state index contributed by atoms with van der Waals surface area (Å²) < 4.78 is 2.87. The fraction of sp³-hybridized carbons (Fsp3) is 0.667. The third-order valence-corrected chi connectivity index (χ3v) is 16.3. The van der Waals surface area contributed by atoms with E-state index < -0.39 is 0 Å². The molecule has 1 nitrogen and oxygen atoms in total. The molecule has 0 aliphatic rings. The van der Waals surface area contributed by atoms with E-state index in [2.05, 4.69) is 49.5 Å². The molecule has 0 rings (SSSR count). The van der Waals surface area contributed by atoms with Crippen LogP contribution in [0, 0.1) is 0 Å². The van der Waals surface area contributed by atoms with Crippen molar-refractivity contribution in [2.75, 3.05) is 4.55 Å². The number of hydrogen-bond donors (Lipinski definition) is 1. The molecular formula is C3H6I5N-2. The Morgan fingerprint density at radius 1 is 1.67 bits per heavy atom. The molecule has 0 aromatic carbocycles. The Kier molecular flexibility index (Phi) is 13.3. The second-order valence-electron chi connectivity index (χ2n) is 1.07. The maximum absolute atomic E-state index is 3.46. The number of rotatable bonds is 4. The second-order valence-corrected chi connectivity index (χ2v) is 27.3. The monoisotopic (exact) mass is 691 g/mol. The van der Waals surface area contributed by atoms with Crippen LogP contribution in [-0.4, -0.2) is 8.18 Å². The molecule has 0 atom stereocenters. The Hall–Kier alpha value is 3.48. The summed E-state index contributed by atoms with van der Waals surface area (Å²) in [5, 5.41) is 3.46. The van der Waals surface area contributed by atoms with Gasteiger partial charge in [0.15, 0.2) is 0 Å². The molecule has 0 unspecified atom stereocenters. The van der Waals surface area contributed by atoms with Crippen molar-refractivity contribution >= 4 is 57.6 Å². The molecule has 0 aromatic heterocycles. The first-order valence-electron chi connectivity index (χ1n) is 1.99. The van der Waals surface area contributed by atoms with Gasteiger partial charge in [0, 0.05) is 0 Å². The first-order chi connectivity index (χ1) is 4.31. The van der Waals surface area contributed by atoms with Gasteiger partial charge >= 0.3 is 105 Å². The van der Waals surface area contributed by atoms with E-state index in [1.165, 1.54) is 4.55 Å². The molecule has 0 radical (unpaired) electrons. The zero-order valence-electron chi connectivity index (χ0n) is 4.60. The van der Waals surface area contributed by atoms with Crippen molar-refractivity contribution < 1.29 is 30.5 Å². The van der Waals surface area contributed by atoms with Gasteiger partial charge in [0.1, 0.15) is 0 Å². The summed E-state index contributed by atoms with van der Waals surface area (Å²) in [4.78, 5) is 0. The third kappa shape index (κ3) is 9.39. The quantitative estimate of drug-likeness (QED) is 0.183. The minimum absolute atomic E-state index is 0.428. The molecule has 6 heteroatoms. The number of hydrogen-bond acceptors (Lipinski definition) is 1. The van der Waals surface area contributed by atoms with Gasteiger partial charge < -0.3 is 0 Å². The molecule has 0 bridgehead atoms. The van der Waals surface area contributed by atoms with Crippen LogP contribution in [0.25, 0.3) is 0 Å². The van der Waals surface area contributed by atoms with Gasteiger partial charge in [-0.25, -0.2) is 0 Å². The van der Waals surface area contributed by atoms with E-state index >= 15 is 0 Å². The van der Waals surface area contributed by atoms with E-state index in [1.807, 2.05) is 0 Å². The van der Waals surface area contributed by atoms with Crippen LogP contribution < -0.4 is 35.8 Å². The van der Waals surface area contributed by atoms with Gasteiger partial charge in [-0.1, -0.05) is 0 Å². The minimum atomic E-state index is 0.428. The maximum atomic E-state index is 3.46. The van der Waals surface area contributed by atoms with Gasteiger partial charge in [0.05, 0.1) is 0 Å². The molecule has 0 aliphatic carbocycles. The first-order valence-corrected chi connectivity index (χ1v) is 23.4. The molecule has 0 saturated heterocycles. The Bertz CT molecular complexity index is 92.2. The Balaban J connectivity index is 3.25. The van der Waals surface area contributed by atoms with Crippen molar-refractivity contribution in [1.29, 1.82) is 0 Å². The molecule has 0 spiro atoms. The Morgan fingerprint density at radius 2 is 2.33 bits per heavy atom. The molecule has 0 heterocycles. The molecule has 0 amide bonds. The molecular weight excluding hydrogens is 685 g/mol. The summed E-state index contributed by atoms with van der Waals surface area (Å²) in [6, 6.07) is 0. The fourth-order valence-corrected chi connectivity index (χ4v) is 16.1. The number of halogens is 5. The zero-order valence-corrected chi connectivity index (χ0v) is 15.4. The zero-order chi connectivity index (χ0) is 7.11. The SMILES string of the molecule is CC(NC[I-]I)=I[I-]I. The van der Waals surface area contributed by atoms with E-state index in [4.69, 9.17) is 0 Å². The average molecular weight is 691 g/mol. The van der Waals surface area contributed by atoms with E-state index in [-0.39, 0.29) is 0 Å². The predicted octanol–water partition coefficient (Wildman–Crippen LogP) is -3.55. The topological polar surface area (TPSA) is 12.0 Å². The molecule has 0 fully saturated rings. The first kappa shape index (κ1) is 12.5. The normalized spacial score (nSPS) is 13.9. The number of nitrogens with one attached hydrogen (secondary N) is 1.